The zero-order valence-electron chi connectivity index (χ0n) is 15.7. The Bertz CT molecular complexity index is 804. The van der Waals surface area contributed by atoms with Gasteiger partial charge in [0.1, 0.15) is 4.21 Å². The fraction of sp³-hybridized carbons (Fsp3) is 0.667. The smallest absolute Gasteiger partial charge is 0.252 e. The van der Waals surface area contributed by atoms with Gasteiger partial charge in [-0.2, -0.15) is 4.31 Å². The lowest BCUT2D eigenvalue weighted by molar-refractivity contribution is -0.127. The van der Waals surface area contributed by atoms with Crippen molar-refractivity contribution in [3.63, 3.8) is 0 Å². The van der Waals surface area contributed by atoms with Gasteiger partial charge in [-0.1, -0.05) is 11.6 Å². The molecule has 28 heavy (non-hydrogen) atoms. The van der Waals surface area contributed by atoms with Crippen molar-refractivity contribution in [3.8, 4) is 0 Å². The van der Waals surface area contributed by atoms with Crippen molar-refractivity contribution >= 4 is 44.8 Å². The Morgan fingerprint density at radius 3 is 2.61 bits per heavy atom. The van der Waals surface area contributed by atoms with Crippen molar-refractivity contribution in [1.29, 1.82) is 0 Å². The van der Waals surface area contributed by atoms with Gasteiger partial charge in [0.15, 0.2) is 0 Å². The summed E-state index contributed by atoms with van der Waals surface area (Å²) in [6.45, 7) is 2.93. The van der Waals surface area contributed by atoms with Gasteiger partial charge in [0.05, 0.1) is 4.34 Å². The maximum atomic E-state index is 12.6. The molecule has 1 aromatic rings. The van der Waals surface area contributed by atoms with Crippen molar-refractivity contribution in [2.45, 2.75) is 42.7 Å². The van der Waals surface area contributed by atoms with Crippen molar-refractivity contribution < 1.29 is 18.0 Å². The first kappa shape index (κ1) is 21.5. The summed E-state index contributed by atoms with van der Waals surface area (Å²) in [5.41, 5.74) is 0. The second kappa shape index (κ2) is 9.56. The molecule has 3 heterocycles. The second-order valence-electron chi connectivity index (χ2n) is 7.30. The predicted octanol–water partition coefficient (Wildman–Crippen LogP) is 2.32. The fourth-order valence-corrected chi connectivity index (χ4v) is 6.80. The Morgan fingerprint density at radius 2 is 2.00 bits per heavy atom. The van der Waals surface area contributed by atoms with E-state index >= 15 is 0 Å². The molecule has 2 fully saturated rings. The predicted molar refractivity (Wildman–Crippen MR) is 109 cm³/mol. The minimum absolute atomic E-state index is 0.000839. The highest BCUT2D eigenvalue weighted by Gasteiger charge is 2.31. The zero-order valence-corrected chi connectivity index (χ0v) is 18.1. The maximum Gasteiger partial charge on any atom is 0.252 e. The van der Waals surface area contributed by atoms with E-state index in [1.54, 1.807) is 6.07 Å². The molecular weight excluding hydrogens is 422 g/mol. The van der Waals surface area contributed by atoms with Gasteiger partial charge < -0.3 is 10.2 Å². The van der Waals surface area contributed by atoms with E-state index in [4.69, 9.17) is 11.6 Å². The highest BCUT2D eigenvalue weighted by Crippen LogP contribution is 2.31. The van der Waals surface area contributed by atoms with Crippen LogP contribution in [-0.2, 0) is 19.6 Å². The number of sulfonamides is 1. The van der Waals surface area contributed by atoms with Crippen LogP contribution in [0.15, 0.2) is 16.3 Å². The van der Waals surface area contributed by atoms with Gasteiger partial charge in [-0.15, -0.1) is 11.3 Å². The van der Waals surface area contributed by atoms with Crippen molar-refractivity contribution in [2.24, 2.45) is 5.92 Å². The molecule has 2 aliphatic rings. The summed E-state index contributed by atoms with van der Waals surface area (Å²) in [6.07, 6.45) is 4.10. The van der Waals surface area contributed by atoms with E-state index in [0.717, 1.165) is 30.7 Å². The highest BCUT2D eigenvalue weighted by atomic mass is 35.5. The SMILES string of the molecule is O=C(CC1CCN(S(=O)(=O)c2ccc(Cl)s2)CC1)NCCCN1CCCC1=O. The number of nitrogens with zero attached hydrogens (tertiary/aromatic N) is 2. The molecule has 0 radical (unpaired) electrons. The number of likely N-dealkylation sites (tertiary alicyclic amines) is 1. The Kier molecular flexibility index (Phi) is 7.36. The van der Waals surface area contributed by atoms with Crippen LogP contribution in [0.2, 0.25) is 4.34 Å². The molecule has 1 N–H and O–H groups in total. The molecule has 2 aliphatic heterocycles. The number of piperidine rings is 1. The van der Waals surface area contributed by atoms with Crippen molar-refractivity contribution in [2.75, 3.05) is 32.7 Å². The number of carbonyl (C=O) groups is 2. The molecule has 0 atom stereocenters. The lowest BCUT2D eigenvalue weighted by Gasteiger charge is -2.30. The van der Waals surface area contributed by atoms with E-state index < -0.39 is 10.0 Å². The third-order valence-electron chi connectivity index (χ3n) is 5.29. The quantitative estimate of drug-likeness (QED) is 0.619. The summed E-state index contributed by atoms with van der Waals surface area (Å²) in [5, 5.41) is 2.92. The van der Waals surface area contributed by atoms with Crippen LogP contribution in [0.25, 0.3) is 0 Å². The Morgan fingerprint density at radius 1 is 1.25 bits per heavy atom. The number of hydrogen-bond acceptors (Lipinski definition) is 5. The number of amides is 2. The largest absolute Gasteiger partial charge is 0.356 e. The van der Waals surface area contributed by atoms with Gasteiger partial charge >= 0.3 is 0 Å². The number of hydrogen-bond donors (Lipinski definition) is 1. The average Bonchev–Trinajstić information content (AvgIpc) is 3.28. The van der Waals surface area contributed by atoms with E-state index in [-0.39, 0.29) is 21.9 Å². The standard InChI is InChI=1S/C18H26ClN3O4S2/c19-15-4-5-18(27-15)28(25,26)22-11-6-14(7-12-22)13-16(23)20-8-2-10-21-9-1-3-17(21)24/h4-5,14H,1-3,6-13H2,(H,20,23). The van der Waals surface area contributed by atoms with Crippen molar-refractivity contribution in [3.05, 3.63) is 16.5 Å². The average molecular weight is 448 g/mol. The van der Waals surface area contributed by atoms with Crippen LogP contribution < -0.4 is 5.32 Å². The van der Waals surface area contributed by atoms with Gasteiger partial charge in [-0.25, -0.2) is 8.42 Å². The molecule has 7 nitrogen and oxygen atoms in total. The molecule has 156 valence electrons. The molecule has 10 heteroatoms. The van der Waals surface area contributed by atoms with E-state index in [1.165, 1.54) is 10.4 Å². The fourth-order valence-electron chi connectivity index (χ4n) is 3.69. The van der Waals surface area contributed by atoms with E-state index in [0.29, 0.717) is 56.2 Å². The minimum atomic E-state index is -3.49. The zero-order chi connectivity index (χ0) is 20.1. The lowest BCUT2D eigenvalue weighted by atomic mass is 9.94. The monoisotopic (exact) mass is 447 g/mol. The topological polar surface area (TPSA) is 86.8 Å². The first-order valence-electron chi connectivity index (χ1n) is 9.66. The Hall–Kier alpha value is -1.16. The molecule has 0 bridgehead atoms. The van der Waals surface area contributed by atoms with Crippen LogP contribution >= 0.6 is 22.9 Å². The summed E-state index contributed by atoms with van der Waals surface area (Å²) in [7, 11) is -3.49. The van der Waals surface area contributed by atoms with Crippen LogP contribution in [0.5, 0.6) is 0 Å². The summed E-state index contributed by atoms with van der Waals surface area (Å²) in [4.78, 5) is 25.5. The Balaban J connectivity index is 1.35. The van der Waals surface area contributed by atoms with Gasteiger partial charge in [-0.05, 0) is 43.7 Å². The molecule has 3 rings (SSSR count). The highest BCUT2D eigenvalue weighted by molar-refractivity contribution is 7.91. The number of halogens is 1. The summed E-state index contributed by atoms with van der Waals surface area (Å²) >= 11 is 6.92. The normalized spacial score (nSPS) is 19.3. The maximum absolute atomic E-state index is 12.6. The van der Waals surface area contributed by atoms with Gasteiger partial charge in [-0.3, -0.25) is 9.59 Å². The van der Waals surface area contributed by atoms with Crippen LogP contribution in [0.4, 0.5) is 0 Å². The van der Waals surface area contributed by atoms with Gasteiger partial charge in [0.25, 0.3) is 10.0 Å². The summed E-state index contributed by atoms with van der Waals surface area (Å²) in [6, 6.07) is 3.13. The van der Waals surface area contributed by atoms with Crippen LogP contribution in [0.3, 0.4) is 0 Å². The molecule has 0 unspecified atom stereocenters. The van der Waals surface area contributed by atoms with E-state index in [2.05, 4.69) is 5.32 Å². The van der Waals surface area contributed by atoms with Crippen LogP contribution in [0, 0.1) is 5.92 Å². The second-order valence-corrected chi connectivity index (χ2v) is 11.2. The summed E-state index contributed by atoms with van der Waals surface area (Å²) < 4.78 is 27.4. The third-order valence-corrected chi connectivity index (χ3v) is 8.89. The first-order valence-corrected chi connectivity index (χ1v) is 12.3. The van der Waals surface area contributed by atoms with Crippen molar-refractivity contribution in [1.82, 2.24) is 14.5 Å². The number of carbonyl (C=O) groups excluding carboxylic acids is 2. The van der Waals surface area contributed by atoms with Gasteiger partial charge in [0, 0.05) is 45.6 Å². The van der Waals surface area contributed by atoms with Crippen LogP contribution in [0.1, 0.15) is 38.5 Å². The number of nitrogens with one attached hydrogen (secondary N) is 1. The molecule has 2 saturated heterocycles. The van der Waals surface area contributed by atoms with Gasteiger partial charge in [0.2, 0.25) is 11.8 Å². The minimum Gasteiger partial charge on any atom is -0.356 e. The number of thiophene rings is 1. The molecule has 2 amide bonds. The van der Waals surface area contributed by atoms with E-state index in [9.17, 15) is 18.0 Å². The molecule has 0 spiro atoms. The Labute approximate surface area is 175 Å². The third kappa shape index (κ3) is 5.46. The van der Waals surface area contributed by atoms with E-state index in [1.807, 2.05) is 4.90 Å². The summed E-state index contributed by atoms with van der Waals surface area (Å²) in [5.74, 6) is 0.399. The molecule has 1 aromatic heterocycles. The molecule has 0 aliphatic carbocycles. The number of rotatable bonds is 8. The first-order chi connectivity index (χ1) is 13.4. The lowest BCUT2D eigenvalue weighted by Crippen LogP contribution is -2.39. The molecular formula is C18H26ClN3O4S2. The molecule has 0 aromatic carbocycles. The molecule has 0 saturated carbocycles. The van der Waals surface area contributed by atoms with Crippen LogP contribution in [-0.4, -0.2) is 62.2 Å².